The number of nitrogen functional groups attached to an aromatic ring is 1. The molecule has 0 aliphatic rings. The lowest BCUT2D eigenvalue weighted by molar-refractivity contribution is 0.0955. The molecule has 25 heavy (non-hydrogen) atoms. The minimum Gasteiger partial charge on any atom is -0.290 e. The number of nitrogens with two attached hydrogens (primary N) is 1. The van der Waals surface area contributed by atoms with E-state index in [-0.39, 0.29) is 11.3 Å². The average molecular weight is 398 g/mol. The van der Waals surface area contributed by atoms with Gasteiger partial charge < -0.3 is 0 Å². The Hall–Kier alpha value is -2.24. The van der Waals surface area contributed by atoms with E-state index in [9.17, 15) is 4.79 Å². The zero-order valence-electron chi connectivity index (χ0n) is 14.4. The number of carbonyl (C=O) groups excluding carboxylic acids is 1. The summed E-state index contributed by atoms with van der Waals surface area (Å²) in [5, 5.41) is 0.757. The summed E-state index contributed by atoms with van der Waals surface area (Å²) in [6.07, 6.45) is 0. The van der Waals surface area contributed by atoms with Gasteiger partial charge in [-0.2, -0.15) is 0 Å². The maximum atomic E-state index is 12.2. The van der Waals surface area contributed by atoms with Gasteiger partial charge in [0.1, 0.15) is 0 Å². The van der Waals surface area contributed by atoms with Crippen molar-refractivity contribution in [3.8, 4) is 11.3 Å². The first-order valence-electron chi connectivity index (χ1n) is 8.02. The summed E-state index contributed by atoms with van der Waals surface area (Å²) in [6.45, 7) is 6.54. The van der Waals surface area contributed by atoms with Crippen LogP contribution in [-0.2, 0) is 5.41 Å². The molecule has 0 aliphatic heterocycles. The molecule has 0 bridgehead atoms. The number of aromatic nitrogens is 1. The Balaban J connectivity index is 2.17. The van der Waals surface area contributed by atoms with Crippen molar-refractivity contribution >= 4 is 32.7 Å². The van der Waals surface area contributed by atoms with Crippen LogP contribution in [0.15, 0.2) is 53.0 Å². The normalized spacial score (nSPS) is 11.6. The molecule has 0 aliphatic carbocycles. The SMILES string of the molecule is CC(C)(C)c1ccc(-c2cc(C(=O)NN)c3cc(Br)ccc3n2)cc1. The number of carbonyl (C=O) groups is 1. The van der Waals surface area contributed by atoms with Crippen molar-refractivity contribution in [1.82, 2.24) is 10.4 Å². The van der Waals surface area contributed by atoms with Crippen LogP contribution in [0.1, 0.15) is 36.7 Å². The van der Waals surface area contributed by atoms with Crippen molar-refractivity contribution in [1.29, 1.82) is 0 Å². The molecular formula is C20H20BrN3O. The number of pyridine rings is 1. The third kappa shape index (κ3) is 3.57. The molecular weight excluding hydrogens is 378 g/mol. The third-order valence-corrected chi connectivity index (χ3v) is 4.69. The highest BCUT2D eigenvalue weighted by atomic mass is 79.9. The molecule has 0 spiro atoms. The summed E-state index contributed by atoms with van der Waals surface area (Å²) >= 11 is 3.44. The average Bonchev–Trinajstić information content (AvgIpc) is 2.59. The van der Waals surface area contributed by atoms with Gasteiger partial charge >= 0.3 is 0 Å². The first kappa shape index (κ1) is 17.6. The largest absolute Gasteiger partial charge is 0.290 e. The zero-order chi connectivity index (χ0) is 18.2. The highest BCUT2D eigenvalue weighted by Gasteiger charge is 2.16. The van der Waals surface area contributed by atoms with Gasteiger partial charge in [-0.25, -0.2) is 10.8 Å². The van der Waals surface area contributed by atoms with Gasteiger partial charge in [-0.1, -0.05) is 61.0 Å². The van der Waals surface area contributed by atoms with Crippen molar-refractivity contribution in [2.75, 3.05) is 0 Å². The Morgan fingerprint density at radius 1 is 1.08 bits per heavy atom. The van der Waals surface area contributed by atoms with E-state index < -0.39 is 0 Å². The molecule has 0 saturated heterocycles. The number of benzene rings is 2. The van der Waals surface area contributed by atoms with Gasteiger partial charge in [0.05, 0.1) is 16.8 Å². The van der Waals surface area contributed by atoms with Crippen LogP contribution in [0.2, 0.25) is 0 Å². The number of nitrogens with zero attached hydrogens (tertiary/aromatic N) is 1. The third-order valence-electron chi connectivity index (χ3n) is 4.19. The number of rotatable bonds is 2. The van der Waals surface area contributed by atoms with E-state index in [0.717, 1.165) is 26.6 Å². The topological polar surface area (TPSA) is 68.0 Å². The number of hydrogen-bond acceptors (Lipinski definition) is 3. The summed E-state index contributed by atoms with van der Waals surface area (Å²) in [5.41, 5.74) is 6.52. The summed E-state index contributed by atoms with van der Waals surface area (Å²) in [4.78, 5) is 16.9. The van der Waals surface area contributed by atoms with Crippen LogP contribution in [0, 0.1) is 0 Å². The van der Waals surface area contributed by atoms with E-state index >= 15 is 0 Å². The second-order valence-corrected chi connectivity index (χ2v) is 7.93. The van der Waals surface area contributed by atoms with Crippen LogP contribution in [0.3, 0.4) is 0 Å². The Bertz CT molecular complexity index is 944. The number of hydrogen-bond donors (Lipinski definition) is 2. The van der Waals surface area contributed by atoms with E-state index in [1.165, 1.54) is 5.56 Å². The minimum absolute atomic E-state index is 0.0895. The van der Waals surface area contributed by atoms with E-state index in [4.69, 9.17) is 10.8 Å². The van der Waals surface area contributed by atoms with E-state index in [1.807, 2.05) is 30.3 Å². The van der Waals surface area contributed by atoms with Crippen molar-refractivity contribution < 1.29 is 4.79 Å². The molecule has 0 radical (unpaired) electrons. The second-order valence-electron chi connectivity index (χ2n) is 7.02. The summed E-state index contributed by atoms with van der Waals surface area (Å²) in [5.74, 6) is 5.02. The Morgan fingerprint density at radius 3 is 2.36 bits per heavy atom. The van der Waals surface area contributed by atoms with E-state index in [2.05, 4.69) is 54.3 Å². The van der Waals surface area contributed by atoms with Gasteiger partial charge in [0.25, 0.3) is 5.91 Å². The van der Waals surface area contributed by atoms with Crippen LogP contribution < -0.4 is 11.3 Å². The maximum Gasteiger partial charge on any atom is 0.265 e. The molecule has 0 fully saturated rings. The van der Waals surface area contributed by atoms with E-state index in [0.29, 0.717) is 5.56 Å². The monoisotopic (exact) mass is 397 g/mol. The lowest BCUT2D eigenvalue weighted by Crippen LogP contribution is -2.30. The molecule has 3 rings (SSSR count). The number of nitrogens with one attached hydrogen (secondary N) is 1. The van der Waals surface area contributed by atoms with Crippen LogP contribution in [0.4, 0.5) is 0 Å². The predicted octanol–water partition coefficient (Wildman–Crippen LogP) is 4.57. The standard InChI is InChI=1S/C20H20BrN3O/c1-20(2,3)13-6-4-12(5-7-13)18-11-16(19(25)24-22)15-10-14(21)8-9-17(15)23-18/h4-11H,22H2,1-3H3,(H,24,25). The lowest BCUT2D eigenvalue weighted by Gasteiger charge is -2.19. The fourth-order valence-corrected chi connectivity index (χ4v) is 3.11. The number of amides is 1. The van der Waals surface area contributed by atoms with E-state index in [1.54, 1.807) is 6.07 Å². The highest BCUT2D eigenvalue weighted by molar-refractivity contribution is 9.10. The Morgan fingerprint density at radius 2 is 1.76 bits per heavy atom. The molecule has 128 valence electrons. The molecule has 0 atom stereocenters. The van der Waals surface area contributed by atoms with Gasteiger partial charge in [-0.05, 0) is 35.2 Å². The van der Waals surface area contributed by atoms with Gasteiger partial charge in [0.15, 0.2) is 0 Å². The molecule has 3 N–H and O–H groups in total. The molecule has 3 aromatic rings. The highest BCUT2D eigenvalue weighted by Crippen LogP contribution is 2.29. The fraction of sp³-hybridized carbons (Fsp3) is 0.200. The summed E-state index contributed by atoms with van der Waals surface area (Å²) in [7, 11) is 0. The van der Waals surface area contributed by atoms with Gasteiger partial charge in [-0.3, -0.25) is 10.2 Å². The molecule has 2 aromatic carbocycles. The predicted molar refractivity (Wildman–Crippen MR) is 105 cm³/mol. The summed E-state index contributed by atoms with van der Waals surface area (Å²) < 4.78 is 0.884. The molecule has 5 heteroatoms. The van der Waals surface area contributed by atoms with Gasteiger partial charge in [0, 0.05) is 15.4 Å². The van der Waals surface area contributed by atoms with Gasteiger partial charge in [-0.15, -0.1) is 0 Å². The number of halogens is 1. The number of hydrazine groups is 1. The maximum absolute atomic E-state index is 12.2. The Labute approximate surface area is 155 Å². The lowest BCUT2D eigenvalue weighted by atomic mass is 9.86. The minimum atomic E-state index is -0.335. The Kier molecular flexibility index (Phi) is 4.62. The molecule has 1 heterocycles. The van der Waals surface area contributed by atoms with Crippen molar-refractivity contribution in [3.63, 3.8) is 0 Å². The van der Waals surface area contributed by atoms with Gasteiger partial charge in [0.2, 0.25) is 0 Å². The van der Waals surface area contributed by atoms with Crippen LogP contribution >= 0.6 is 15.9 Å². The quantitative estimate of drug-likeness (QED) is 0.378. The van der Waals surface area contributed by atoms with Crippen LogP contribution in [-0.4, -0.2) is 10.9 Å². The molecule has 1 aromatic heterocycles. The van der Waals surface area contributed by atoms with Crippen molar-refractivity contribution in [2.24, 2.45) is 5.84 Å². The van der Waals surface area contributed by atoms with Crippen LogP contribution in [0.5, 0.6) is 0 Å². The number of fused-ring (bicyclic) bond motifs is 1. The molecule has 1 amide bonds. The smallest absolute Gasteiger partial charge is 0.265 e. The zero-order valence-corrected chi connectivity index (χ0v) is 16.0. The molecule has 0 unspecified atom stereocenters. The summed E-state index contributed by atoms with van der Waals surface area (Å²) in [6, 6.07) is 15.7. The second kappa shape index (κ2) is 6.58. The molecule has 0 saturated carbocycles. The van der Waals surface area contributed by atoms with Crippen LogP contribution in [0.25, 0.3) is 22.2 Å². The first-order valence-corrected chi connectivity index (χ1v) is 8.81. The molecule has 4 nitrogen and oxygen atoms in total. The van der Waals surface area contributed by atoms with Crippen molar-refractivity contribution in [2.45, 2.75) is 26.2 Å². The van der Waals surface area contributed by atoms with Crippen molar-refractivity contribution in [3.05, 3.63) is 64.1 Å². The fourth-order valence-electron chi connectivity index (χ4n) is 2.75. The first-order chi connectivity index (χ1) is 11.8.